The quantitative estimate of drug-likeness (QED) is 0.925. The number of carbonyl (C=O) groups is 1. The van der Waals surface area contributed by atoms with Gasteiger partial charge in [-0.2, -0.15) is 10.2 Å². The highest BCUT2D eigenvalue weighted by molar-refractivity contribution is 5.95. The molecule has 0 radical (unpaired) electrons. The standard InChI is InChI=1S/C17H23N5O2/c1-10-8-11(2)22(20-10)9-14-6-5-7-21(14)17(24)15-12(3)13(4)18-19-16(15)23/h8,14H,5-7,9H2,1-4H3,(H,19,23). The second-order valence-electron chi connectivity index (χ2n) is 6.54. The third-order valence-corrected chi connectivity index (χ3v) is 4.81. The number of amides is 1. The van der Waals surface area contributed by atoms with Crippen LogP contribution in [-0.4, -0.2) is 43.4 Å². The summed E-state index contributed by atoms with van der Waals surface area (Å²) < 4.78 is 1.94. The molecule has 1 fully saturated rings. The van der Waals surface area contributed by atoms with Crippen LogP contribution in [0.1, 0.15) is 45.8 Å². The summed E-state index contributed by atoms with van der Waals surface area (Å²) in [4.78, 5) is 26.9. The van der Waals surface area contributed by atoms with Crippen LogP contribution in [0.3, 0.4) is 0 Å². The molecule has 7 heteroatoms. The van der Waals surface area contributed by atoms with Crippen LogP contribution in [0.4, 0.5) is 0 Å². The van der Waals surface area contributed by atoms with Crippen LogP contribution in [0.15, 0.2) is 10.9 Å². The Labute approximate surface area is 140 Å². The zero-order chi connectivity index (χ0) is 17.4. The second-order valence-corrected chi connectivity index (χ2v) is 6.54. The number of likely N-dealkylation sites (tertiary alicyclic amines) is 1. The van der Waals surface area contributed by atoms with Crippen LogP contribution >= 0.6 is 0 Å². The van der Waals surface area contributed by atoms with E-state index in [0.29, 0.717) is 24.3 Å². The van der Waals surface area contributed by atoms with Crippen LogP contribution < -0.4 is 5.56 Å². The topological polar surface area (TPSA) is 83.9 Å². The van der Waals surface area contributed by atoms with Crippen molar-refractivity contribution in [2.24, 2.45) is 0 Å². The highest BCUT2D eigenvalue weighted by Crippen LogP contribution is 2.22. The molecule has 1 aliphatic heterocycles. The van der Waals surface area contributed by atoms with E-state index in [9.17, 15) is 9.59 Å². The van der Waals surface area contributed by atoms with E-state index in [1.807, 2.05) is 29.5 Å². The van der Waals surface area contributed by atoms with E-state index in [4.69, 9.17) is 0 Å². The summed E-state index contributed by atoms with van der Waals surface area (Å²) >= 11 is 0. The lowest BCUT2D eigenvalue weighted by Gasteiger charge is -2.25. The lowest BCUT2D eigenvalue weighted by atomic mass is 10.1. The number of carbonyl (C=O) groups excluding carboxylic acids is 1. The average Bonchev–Trinajstić information content (AvgIpc) is 3.10. The molecule has 24 heavy (non-hydrogen) atoms. The highest BCUT2D eigenvalue weighted by Gasteiger charge is 2.32. The smallest absolute Gasteiger partial charge is 0.277 e. The lowest BCUT2D eigenvalue weighted by molar-refractivity contribution is 0.0718. The van der Waals surface area contributed by atoms with E-state index >= 15 is 0 Å². The van der Waals surface area contributed by atoms with E-state index < -0.39 is 5.56 Å². The largest absolute Gasteiger partial charge is 0.334 e. The minimum atomic E-state index is -0.417. The summed E-state index contributed by atoms with van der Waals surface area (Å²) in [5.41, 5.74) is 3.18. The van der Waals surface area contributed by atoms with Crippen LogP contribution in [0.5, 0.6) is 0 Å². The fourth-order valence-corrected chi connectivity index (χ4v) is 3.38. The Bertz CT molecular complexity index is 836. The van der Waals surface area contributed by atoms with Crippen LogP contribution in [0, 0.1) is 27.7 Å². The molecule has 1 unspecified atom stereocenters. The molecule has 2 aromatic rings. The number of aromatic amines is 1. The molecular formula is C17H23N5O2. The summed E-state index contributed by atoms with van der Waals surface area (Å²) in [5, 5.41) is 10.8. The van der Waals surface area contributed by atoms with Gasteiger partial charge in [-0.15, -0.1) is 0 Å². The Morgan fingerprint density at radius 3 is 2.75 bits per heavy atom. The number of nitrogens with zero attached hydrogens (tertiary/aromatic N) is 4. The first-order valence-corrected chi connectivity index (χ1v) is 8.26. The number of aryl methyl sites for hydroxylation is 3. The molecule has 1 aliphatic rings. The molecule has 1 saturated heterocycles. The molecule has 0 saturated carbocycles. The third-order valence-electron chi connectivity index (χ3n) is 4.81. The van der Waals surface area contributed by atoms with Crippen molar-refractivity contribution in [3.8, 4) is 0 Å². The Balaban J connectivity index is 1.88. The lowest BCUT2D eigenvalue weighted by Crippen LogP contribution is -2.41. The molecule has 1 N–H and O–H groups in total. The van der Waals surface area contributed by atoms with Crippen LogP contribution in [0.25, 0.3) is 0 Å². The van der Waals surface area contributed by atoms with Crippen molar-refractivity contribution < 1.29 is 4.79 Å². The average molecular weight is 329 g/mol. The fourth-order valence-electron chi connectivity index (χ4n) is 3.38. The summed E-state index contributed by atoms with van der Waals surface area (Å²) in [6.07, 6.45) is 1.86. The van der Waals surface area contributed by atoms with Gasteiger partial charge in [-0.3, -0.25) is 14.3 Å². The summed E-state index contributed by atoms with van der Waals surface area (Å²) in [6.45, 7) is 8.87. The van der Waals surface area contributed by atoms with Crippen LogP contribution in [-0.2, 0) is 6.54 Å². The fraction of sp³-hybridized carbons (Fsp3) is 0.529. The Hall–Kier alpha value is -2.44. The van der Waals surface area contributed by atoms with Gasteiger partial charge < -0.3 is 4.90 Å². The van der Waals surface area contributed by atoms with Gasteiger partial charge in [0.05, 0.1) is 24.0 Å². The van der Waals surface area contributed by atoms with Crippen LogP contribution in [0.2, 0.25) is 0 Å². The molecule has 0 aromatic carbocycles. The van der Waals surface area contributed by atoms with Gasteiger partial charge in [0.1, 0.15) is 5.56 Å². The molecule has 0 bridgehead atoms. The molecule has 128 valence electrons. The summed E-state index contributed by atoms with van der Waals surface area (Å²) in [7, 11) is 0. The third kappa shape index (κ3) is 2.86. The van der Waals surface area contributed by atoms with Gasteiger partial charge in [-0.1, -0.05) is 0 Å². The van der Waals surface area contributed by atoms with E-state index in [0.717, 1.165) is 24.2 Å². The summed E-state index contributed by atoms with van der Waals surface area (Å²) in [6, 6.07) is 2.09. The van der Waals surface area contributed by atoms with E-state index in [1.165, 1.54) is 0 Å². The Morgan fingerprint density at radius 2 is 2.08 bits per heavy atom. The summed E-state index contributed by atoms with van der Waals surface area (Å²) in [5.74, 6) is -0.205. The van der Waals surface area contributed by atoms with Gasteiger partial charge in [0.25, 0.3) is 11.5 Å². The molecule has 7 nitrogen and oxygen atoms in total. The minimum Gasteiger partial charge on any atom is -0.334 e. The molecule has 3 rings (SSSR count). The van der Waals surface area contributed by atoms with Crippen molar-refractivity contribution >= 4 is 5.91 Å². The first kappa shape index (κ1) is 16.4. The molecule has 1 atom stereocenters. The van der Waals surface area contributed by atoms with E-state index in [1.54, 1.807) is 13.8 Å². The predicted molar refractivity (Wildman–Crippen MR) is 90.1 cm³/mol. The molecule has 1 amide bonds. The van der Waals surface area contributed by atoms with Crippen molar-refractivity contribution in [3.63, 3.8) is 0 Å². The number of nitrogens with one attached hydrogen (secondary N) is 1. The van der Waals surface area contributed by atoms with Crippen molar-refractivity contribution in [1.29, 1.82) is 0 Å². The van der Waals surface area contributed by atoms with Gasteiger partial charge in [0, 0.05) is 12.2 Å². The van der Waals surface area contributed by atoms with E-state index in [2.05, 4.69) is 15.3 Å². The zero-order valence-corrected chi connectivity index (χ0v) is 14.6. The Kier molecular flexibility index (Phi) is 4.26. The predicted octanol–water partition coefficient (Wildman–Crippen LogP) is 1.50. The number of aromatic nitrogens is 4. The maximum atomic E-state index is 13.0. The molecule has 2 aromatic heterocycles. The maximum absolute atomic E-state index is 13.0. The highest BCUT2D eigenvalue weighted by atomic mass is 16.2. The van der Waals surface area contributed by atoms with Crippen molar-refractivity contribution in [1.82, 2.24) is 24.9 Å². The maximum Gasteiger partial charge on any atom is 0.277 e. The van der Waals surface area contributed by atoms with Gasteiger partial charge in [-0.25, -0.2) is 5.10 Å². The molecule has 3 heterocycles. The zero-order valence-electron chi connectivity index (χ0n) is 14.6. The van der Waals surface area contributed by atoms with Crippen molar-refractivity contribution in [3.05, 3.63) is 44.6 Å². The first-order chi connectivity index (χ1) is 11.4. The molecule has 0 spiro atoms. The molecular weight excluding hydrogens is 306 g/mol. The SMILES string of the molecule is Cc1cc(C)n(CC2CCCN2C(=O)c2c(C)c(C)n[nH]c2=O)n1. The van der Waals surface area contributed by atoms with Crippen molar-refractivity contribution in [2.45, 2.75) is 53.1 Å². The van der Waals surface area contributed by atoms with Gasteiger partial charge in [0.2, 0.25) is 0 Å². The number of hydrogen-bond acceptors (Lipinski definition) is 4. The number of H-pyrrole nitrogens is 1. The van der Waals surface area contributed by atoms with Crippen molar-refractivity contribution in [2.75, 3.05) is 6.54 Å². The minimum absolute atomic E-state index is 0.0581. The second kappa shape index (κ2) is 6.22. The molecule has 0 aliphatic carbocycles. The van der Waals surface area contributed by atoms with Gasteiger partial charge in [-0.05, 0) is 52.2 Å². The number of rotatable bonds is 3. The monoisotopic (exact) mass is 329 g/mol. The Morgan fingerprint density at radius 1 is 1.33 bits per heavy atom. The first-order valence-electron chi connectivity index (χ1n) is 8.26. The normalized spacial score (nSPS) is 17.5. The van der Waals surface area contributed by atoms with Gasteiger partial charge in [0.15, 0.2) is 0 Å². The van der Waals surface area contributed by atoms with Gasteiger partial charge >= 0.3 is 0 Å². The van der Waals surface area contributed by atoms with E-state index in [-0.39, 0.29) is 17.5 Å². The number of hydrogen-bond donors (Lipinski definition) is 1.